The molecule has 0 spiro atoms. The van der Waals surface area contributed by atoms with Crippen molar-refractivity contribution in [3.8, 4) is 0 Å². The summed E-state index contributed by atoms with van der Waals surface area (Å²) in [5.74, 6) is 0.0609. The number of rotatable bonds is 2. The summed E-state index contributed by atoms with van der Waals surface area (Å²) in [6, 6.07) is 8.36. The first-order valence-corrected chi connectivity index (χ1v) is 8.92. The van der Waals surface area contributed by atoms with Crippen LogP contribution in [0.15, 0.2) is 36.5 Å². The van der Waals surface area contributed by atoms with E-state index in [-0.39, 0.29) is 5.91 Å². The third-order valence-corrected chi connectivity index (χ3v) is 5.39. The lowest BCUT2D eigenvalue weighted by Gasteiger charge is -2.27. The molecule has 1 aliphatic heterocycles. The van der Waals surface area contributed by atoms with Crippen molar-refractivity contribution in [3.63, 3.8) is 0 Å². The van der Waals surface area contributed by atoms with Crippen LogP contribution in [0.1, 0.15) is 27.4 Å². The van der Waals surface area contributed by atoms with Crippen LogP contribution in [0, 0.1) is 13.8 Å². The molecule has 0 saturated heterocycles. The molecule has 24 heavy (non-hydrogen) atoms. The molecule has 3 heterocycles. The monoisotopic (exact) mass is 337 g/mol. The van der Waals surface area contributed by atoms with Crippen LogP contribution < -0.4 is 0 Å². The Morgan fingerprint density at radius 1 is 1.25 bits per heavy atom. The number of aromatic nitrogens is 2. The quantitative estimate of drug-likeness (QED) is 0.670. The van der Waals surface area contributed by atoms with Gasteiger partial charge in [0.1, 0.15) is 0 Å². The highest BCUT2D eigenvalue weighted by Gasteiger charge is 2.18. The zero-order valence-electron chi connectivity index (χ0n) is 13.8. The summed E-state index contributed by atoms with van der Waals surface area (Å²) < 4.78 is 2.06. The molecule has 122 valence electrons. The number of nitrogens with zero attached hydrogens (tertiary/aromatic N) is 3. The Kier molecular flexibility index (Phi) is 3.73. The molecule has 0 saturated carbocycles. The Balaban J connectivity index is 1.55. The van der Waals surface area contributed by atoms with E-state index in [2.05, 4.69) is 40.7 Å². The Bertz CT molecular complexity index is 951. The lowest BCUT2D eigenvalue weighted by Crippen LogP contribution is -2.34. The van der Waals surface area contributed by atoms with Crippen LogP contribution >= 0.6 is 11.3 Å². The van der Waals surface area contributed by atoms with Crippen LogP contribution in [0.5, 0.6) is 0 Å². The second-order valence-electron chi connectivity index (χ2n) is 6.19. The predicted molar refractivity (Wildman–Crippen MR) is 97.1 cm³/mol. The lowest BCUT2D eigenvalue weighted by atomic mass is 10.00. The van der Waals surface area contributed by atoms with Gasteiger partial charge in [0.25, 0.3) is 0 Å². The number of fused-ring (bicyclic) bond motifs is 2. The maximum Gasteiger partial charge on any atom is 0.246 e. The van der Waals surface area contributed by atoms with Gasteiger partial charge in [-0.2, -0.15) is 0 Å². The SMILES string of the molecule is Cc1cn2c(/C=C/C(=O)N3CCc4ccccc4C3)c(C)nc2s1. The first-order chi connectivity index (χ1) is 11.6. The number of amides is 1. The molecule has 5 heteroatoms. The van der Waals surface area contributed by atoms with E-state index in [0.29, 0.717) is 6.54 Å². The van der Waals surface area contributed by atoms with E-state index in [1.807, 2.05) is 24.0 Å². The molecule has 0 atom stereocenters. The fraction of sp³-hybridized carbons (Fsp3) is 0.263. The molecular formula is C19H19N3OS. The van der Waals surface area contributed by atoms with E-state index >= 15 is 0 Å². The van der Waals surface area contributed by atoms with Crippen LogP contribution in [0.3, 0.4) is 0 Å². The number of carbonyl (C=O) groups is 1. The highest BCUT2D eigenvalue weighted by atomic mass is 32.1. The number of hydrogen-bond donors (Lipinski definition) is 0. The summed E-state index contributed by atoms with van der Waals surface area (Å²) in [7, 11) is 0. The van der Waals surface area contributed by atoms with Crippen molar-refractivity contribution < 1.29 is 4.79 Å². The third-order valence-electron chi connectivity index (χ3n) is 4.49. The molecule has 0 unspecified atom stereocenters. The summed E-state index contributed by atoms with van der Waals surface area (Å²) in [6.07, 6.45) is 6.57. The second kappa shape index (κ2) is 5.91. The van der Waals surface area contributed by atoms with Crippen molar-refractivity contribution in [2.45, 2.75) is 26.8 Å². The summed E-state index contributed by atoms with van der Waals surface area (Å²) in [5, 5.41) is 0. The highest BCUT2D eigenvalue weighted by molar-refractivity contribution is 7.17. The number of hydrogen-bond acceptors (Lipinski definition) is 3. The van der Waals surface area contributed by atoms with Gasteiger partial charge in [-0.1, -0.05) is 24.3 Å². The van der Waals surface area contributed by atoms with Crippen LogP contribution in [0.2, 0.25) is 0 Å². The van der Waals surface area contributed by atoms with Gasteiger partial charge in [-0.3, -0.25) is 9.20 Å². The maximum atomic E-state index is 12.6. The molecule has 0 radical (unpaired) electrons. The Labute approximate surface area is 145 Å². The molecule has 0 fully saturated rings. The van der Waals surface area contributed by atoms with Gasteiger partial charge in [0.05, 0.1) is 11.4 Å². The van der Waals surface area contributed by atoms with Gasteiger partial charge >= 0.3 is 0 Å². The lowest BCUT2D eigenvalue weighted by molar-refractivity contribution is -0.126. The summed E-state index contributed by atoms with van der Waals surface area (Å²) in [5.41, 5.74) is 4.55. The van der Waals surface area contributed by atoms with Crippen LogP contribution in [-0.2, 0) is 17.8 Å². The maximum absolute atomic E-state index is 12.6. The molecule has 3 aromatic rings. The first kappa shape index (κ1) is 15.1. The van der Waals surface area contributed by atoms with Crippen LogP contribution in [0.25, 0.3) is 11.0 Å². The fourth-order valence-corrected chi connectivity index (χ4v) is 4.10. The molecular weight excluding hydrogens is 318 g/mol. The summed E-state index contributed by atoms with van der Waals surface area (Å²) in [6.45, 7) is 5.52. The number of carbonyl (C=O) groups excluding carboxylic acids is 1. The molecule has 0 bridgehead atoms. The minimum absolute atomic E-state index is 0.0609. The molecule has 4 nitrogen and oxygen atoms in total. The van der Waals surface area contributed by atoms with Crippen LogP contribution in [0.4, 0.5) is 0 Å². The normalized spacial score (nSPS) is 14.5. The van der Waals surface area contributed by atoms with Gasteiger partial charge in [-0.05, 0) is 37.5 Å². The minimum atomic E-state index is 0.0609. The van der Waals surface area contributed by atoms with Gasteiger partial charge < -0.3 is 4.90 Å². The van der Waals surface area contributed by atoms with Gasteiger partial charge in [0.2, 0.25) is 5.91 Å². The fourth-order valence-electron chi connectivity index (χ4n) is 3.22. The zero-order chi connectivity index (χ0) is 16.7. The third kappa shape index (κ3) is 2.65. The average Bonchev–Trinajstić information content (AvgIpc) is 3.07. The molecule has 1 aliphatic rings. The van der Waals surface area contributed by atoms with Gasteiger partial charge in [-0.15, -0.1) is 11.3 Å². The van der Waals surface area contributed by atoms with Crippen molar-refractivity contribution >= 4 is 28.3 Å². The number of benzene rings is 1. The number of aryl methyl sites for hydroxylation is 2. The smallest absolute Gasteiger partial charge is 0.246 e. The summed E-state index contributed by atoms with van der Waals surface area (Å²) >= 11 is 1.66. The Morgan fingerprint density at radius 2 is 2.04 bits per heavy atom. The molecule has 1 amide bonds. The minimum Gasteiger partial charge on any atom is -0.334 e. The van der Waals surface area contributed by atoms with Crippen molar-refractivity contribution in [2.24, 2.45) is 0 Å². The standard InChI is InChI=1S/C19H19N3OS/c1-13-11-22-17(14(2)20-19(22)24-13)7-8-18(23)21-10-9-15-5-3-4-6-16(15)12-21/h3-8,11H,9-10,12H2,1-2H3/b8-7+. The highest BCUT2D eigenvalue weighted by Crippen LogP contribution is 2.22. The molecule has 4 rings (SSSR count). The molecule has 2 aromatic heterocycles. The van der Waals surface area contributed by atoms with Crippen LogP contribution in [-0.4, -0.2) is 26.7 Å². The van der Waals surface area contributed by atoms with E-state index in [9.17, 15) is 4.79 Å². The van der Waals surface area contributed by atoms with E-state index in [1.54, 1.807) is 17.4 Å². The van der Waals surface area contributed by atoms with Crippen molar-refractivity contribution in [3.05, 3.63) is 63.9 Å². The number of thiazole rings is 1. The first-order valence-electron chi connectivity index (χ1n) is 8.10. The van der Waals surface area contributed by atoms with Crippen molar-refractivity contribution in [2.75, 3.05) is 6.54 Å². The van der Waals surface area contributed by atoms with Gasteiger partial charge in [-0.25, -0.2) is 4.98 Å². The zero-order valence-corrected chi connectivity index (χ0v) is 14.6. The number of imidazole rings is 1. The van der Waals surface area contributed by atoms with E-state index in [4.69, 9.17) is 0 Å². The molecule has 0 aliphatic carbocycles. The van der Waals surface area contributed by atoms with E-state index < -0.39 is 0 Å². The predicted octanol–water partition coefficient (Wildman–Crippen LogP) is 3.61. The van der Waals surface area contributed by atoms with Crippen molar-refractivity contribution in [1.82, 2.24) is 14.3 Å². The Hall–Kier alpha value is -2.40. The topological polar surface area (TPSA) is 37.6 Å². The largest absolute Gasteiger partial charge is 0.334 e. The molecule has 0 N–H and O–H groups in total. The van der Waals surface area contributed by atoms with Gasteiger partial charge in [0, 0.05) is 30.2 Å². The molecule has 1 aromatic carbocycles. The summed E-state index contributed by atoms with van der Waals surface area (Å²) in [4.78, 5) is 21.2. The second-order valence-corrected chi connectivity index (χ2v) is 7.40. The average molecular weight is 337 g/mol. The Morgan fingerprint density at radius 3 is 2.88 bits per heavy atom. The van der Waals surface area contributed by atoms with E-state index in [1.165, 1.54) is 16.0 Å². The van der Waals surface area contributed by atoms with Gasteiger partial charge in [0.15, 0.2) is 4.96 Å². The van der Waals surface area contributed by atoms with E-state index in [0.717, 1.165) is 29.3 Å². The van der Waals surface area contributed by atoms with Crippen molar-refractivity contribution in [1.29, 1.82) is 0 Å².